The van der Waals surface area contributed by atoms with E-state index >= 15 is 0 Å². The molecule has 0 radical (unpaired) electrons. The first-order valence-electron chi connectivity index (χ1n) is 5.92. The summed E-state index contributed by atoms with van der Waals surface area (Å²) in [6.07, 6.45) is 0. The molecule has 0 spiro atoms. The highest BCUT2D eigenvalue weighted by atomic mass is 127. The number of amides is 1. The van der Waals surface area contributed by atoms with Crippen molar-refractivity contribution in [3.8, 4) is 0 Å². The minimum absolute atomic E-state index is 0.322. The van der Waals surface area contributed by atoms with Crippen molar-refractivity contribution < 1.29 is 14.7 Å². The van der Waals surface area contributed by atoms with Crippen LogP contribution in [-0.2, 0) is 4.79 Å². The molecule has 20 heavy (non-hydrogen) atoms. The Kier molecular flexibility index (Phi) is 4.73. The Balaban J connectivity index is 2.36. The minimum atomic E-state index is -1.05. The molecule has 1 amide bonds. The molecule has 0 atom stereocenters. The SMILES string of the molecule is O=C(O)CN(C(=O)c1cccc(I)c1)c1ccccc1. The molecule has 0 saturated heterocycles. The molecule has 2 aromatic carbocycles. The van der Waals surface area contributed by atoms with E-state index in [1.54, 1.807) is 42.5 Å². The van der Waals surface area contributed by atoms with E-state index in [4.69, 9.17) is 5.11 Å². The van der Waals surface area contributed by atoms with E-state index in [2.05, 4.69) is 22.6 Å². The molecule has 1 N–H and O–H groups in total. The summed E-state index contributed by atoms with van der Waals surface area (Å²) in [5.74, 6) is -1.37. The Morgan fingerprint density at radius 3 is 2.35 bits per heavy atom. The van der Waals surface area contributed by atoms with Crippen LogP contribution in [0.1, 0.15) is 10.4 Å². The van der Waals surface area contributed by atoms with Crippen LogP contribution < -0.4 is 4.90 Å². The maximum atomic E-state index is 12.5. The van der Waals surface area contributed by atoms with Crippen LogP contribution in [0, 0.1) is 3.57 Å². The van der Waals surface area contributed by atoms with E-state index in [1.807, 2.05) is 12.1 Å². The first kappa shape index (κ1) is 14.5. The number of anilines is 1. The van der Waals surface area contributed by atoms with E-state index < -0.39 is 5.97 Å². The van der Waals surface area contributed by atoms with E-state index in [9.17, 15) is 9.59 Å². The molecule has 2 aromatic rings. The van der Waals surface area contributed by atoms with Gasteiger partial charge in [0, 0.05) is 14.8 Å². The number of rotatable bonds is 4. The average molecular weight is 381 g/mol. The van der Waals surface area contributed by atoms with Gasteiger partial charge >= 0.3 is 5.97 Å². The number of aliphatic carboxylic acids is 1. The molecule has 0 heterocycles. The second-order valence-corrected chi connectivity index (χ2v) is 5.38. The highest BCUT2D eigenvalue weighted by Crippen LogP contribution is 2.17. The lowest BCUT2D eigenvalue weighted by Gasteiger charge is -2.21. The van der Waals surface area contributed by atoms with Crippen molar-refractivity contribution in [1.82, 2.24) is 0 Å². The third kappa shape index (κ3) is 3.57. The molecule has 0 unspecified atom stereocenters. The maximum Gasteiger partial charge on any atom is 0.323 e. The largest absolute Gasteiger partial charge is 0.480 e. The summed E-state index contributed by atoms with van der Waals surface area (Å²) in [4.78, 5) is 24.7. The van der Waals surface area contributed by atoms with Crippen molar-refractivity contribution in [3.05, 3.63) is 63.7 Å². The molecule has 0 bridgehead atoms. The van der Waals surface area contributed by atoms with Crippen LogP contribution in [0.25, 0.3) is 0 Å². The zero-order valence-corrected chi connectivity index (χ0v) is 12.6. The molecule has 0 saturated carbocycles. The number of halogens is 1. The first-order valence-corrected chi connectivity index (χ1v) is 7.00. The van der Waals surface area contributed by atoms with Gasteiger partial charge in [0.1, 0.15) is 6.54 Å². The molecule has 5 heteroatoms. The fraction of sp³-hybridized carbons (Fsp3) is 0.0667. The quantitative estimate of drug-likeness (QED) is 0.829. The van der Waals surface area contributed by atoms with Crippen LogP contribution in [0.5, 0.6) is 0 Å². The molecular formula is C15H12INO3. The molecule has 0 aliphatic carbocycles. The zero-order chi connectivity index (χ0) is 14.5. The highest BCUT2D eigenvalue weighted by Gasteiger charge is 2.20. The lowest BCUT2D eigenvalue weighted by atomic mass is 10.2. The Labute approximate surface area is 130 Å². The monoisotopic (exact) mass is 381 g/mol. The van der Waals surface area contributed by atoms with E-state index in [1.165, 1.54) is 4.90 Å². The predicted molar refractivity (Wildman–Crippen MR) is 84.9 cm³/mol. The van der Waals surface area contributed by atoms with Gasteiger partial charge in [-0.05, 0) is 52.9 Å². The normalized spacial score (nSPS) is 10.1. The topological polar surface area (TPSA) is 57.6 Å². The van der Waals surface area contributed by atoms with Gasteiger partial charge in [0.25, 0.3) is 5.91 Å². The Bertz CT molecular complexity index is 628. The summed E-state index contributed by atoms with van der Waals surface area (Å²) >= 11 is 2.12. The number of carboxylic acid groups (broad SMARTS) is 1. The van der Waals surface area contributed by atoms with E-state index in [-0.39, 0.29) is 12.5 Å². The summed E-state index contributed by atoms with van der Waals surface area (Å²) in [5.41, 5.74) is 1.04. The standard InChI is InChI=1S/C15H12INO3/c16-12-6-4-5-11(9-12)15(20)17(10-14(18)19)13-7-2-1-3-8-13/h1-9H,10H2,(H,18,19). The third-order valence-corrected chi connectivity index (χ3v) is 3.35. The second-order valence-electron chi connectivity index (χ2n) is 4.13. The van der Waals surface area contributed by atoms with E-state index in [0.29, 0.717) is 11.3 Å². The zero-order valence-electron chi connectivity index (χ0n) is 10.5. The van der Waals surface area contributed by atoms with Gasteiger partial charge in [-0.25, -0.2) is 0 Å². The summed E-state index contributed by atoms with van der Waals surface area (Å²) < 4.78 is 0.928. The van der Waals surface area contributed by atoms with Gasteiger partial charge in [-0.2, -0.15) is 0 Å². The summed E-state index contributed by atoms with van der Waals surface area (Å²) in [6, 6.07) is 15.9. The molecule has 2 rings (SSSR count). The highest BCUT2D eigenvalue weighted by molar-refractivity contribution is 14.1. The number of benzene rings is 2. The van der Waals surface area contributed by atoms with Crippen LogP contribution in [0.15, 0.2) is 54.6 Å². The van der Waals surface area contributed by atoms with Gasteiger partial charge < -0.3 is 5.11 Å². The van der Waals surface area contributed by atoms with E-state index in [0.717, 1.165) is 3.57 Å². The van der Waals surface area contributed by atoms with Crippen LogP contribution >= 0.6 is 22.6 Å². The smallest absolute Gasteiger partial charge is 0.323 e. The molecule has 102 valence electrons. The number of nitrogens with zero attached hydrogens (tertiary/aromatic N) is 1. The number of carbonyl (C=O) groups excluding carboxylic acids is 1. The van der Waals surface area contributed by atoms with Crippen molar-refractivity contribution in [1.29, 1.82) is 0 Å². The number of hydrogen-bond acceptors (Lipinski definition) is 2. The average Bonchev–Trinajstić information content (AvgIpc) is 2.45. The summed E-state index contributed by atoms with van der Waals surface area (Å²) in [7, 11) is 0. The van der Waals surface area contributed by atoms with Crippen LogP contribution in [-0.4, -0.2) is 23.5 Å². The second kappa shape index (κ2) is 6.51. The molecule has 0 fully saturated rings. The lowest BCUT2D eigenvalue weighted by Crippen LogP contribution is -2.35. The Hall–Kier alpha value is -1.89. The van der Waals surface area contributed by atoms with Crippen LogP contribution in [0.2, 0.25) is 0 Å². The summed E-state index contributed by atoms with van der Waals surface area (Å²) in [5, 5.41) is 9.00. The number of carbonyl (C=O) groups is 2. The fourth-order valence-electron chi connectivity index (χ4n) is 1.80. The minimum Gasteiger partial charge on any atom is -0.480 e. The van der Waals surface area contributed by atoms with Gasteiger partial charge in [0.15, 0.2) is 0 Å². The fourth-order valence-corrected chi connectivity index (χ4v) is 2.34. The van der Waals surface area contributed by atoms with Crippen molar-refractivity contribution in [3.63, 3.8) is 0 Å². The van der Waals surface area contributed by atoms with Crippen molar-refractivity contribution in [2.24, 2.45) is 0 Å². The van der Waals surface area contributed by atoms with Gasteiger partial charge in [-0.1, -0.05) is 24.3 Å². The van der Waals surface area contributed by atoms with Gasteiger partial charge in [-0.3, -0.25) is 14.5 Å². The third-order valence-electron chi connectivity index (χ3n) is 2.68. The molecule has 0 aliphatic rings. The van der Waals surface area contributed by atoms with Crippen molar-refractivity contribution >= 4 is 40.2 Å². The summed E-state index contributed by atoms with van der Waals surface area (Å²) in [6.45, 7) is -0.367. The van der Waals surface area contributed by atoms with Gasteiger partial charge in [0.2, 0.25) is 0 Å². The maximum absolute atomic E-state index is 12.5. The number of hydrogen-bond donors (Lipinski definition) is 1. The van der Waals surface area contributed by atoms with Gasteiger partial charge in [-0.15, -0.1) is 0 Å². The van der Waals surface area contributed by atoms with Gasteiger partial charge in [0.05, 0.1) is 0 Å². The molecule has 0 aliphatic heterocycles. The molecular weight excluding hydrogens is 369 g/mol. The van der Waals surface area contributed by atoms with Crippen LogP contribution in [0.3, 0.4) is 0 Å². The van der Waals surface area contributed by atoms with Crippen molar-refractivity contribution in [2.75, 3.05) is 11.4 Å². The van der Waals surface area contributed by atoms with Crippen molar-refractivity contribution in [2.45, 2.75) is 0 Å². The van der Waals surface area contributed by atoms with Crippen LogP contribution in [0.4, 0.5) is 5.69 Å². The number of para-hydroxylation sites is 1. The Morgan fingerprint density at radius 2 is 1.75 bits per heavy atom. The molecule has 4 nitrogen and oxygen atoms in total. The predicted octanol–water partition coefficient (Wildman–Crippen LogP) is 3.02. The number of carboxylic acids is 1. The lowest BCUT2D eigenvalue weighted by molar-refractivity contribution is -0.135. The first-order chi connectivity index (χ1) is 9.58. The Morgan fingerprint density at radius 1 is 1.05 bits per heavy atom. The molecule has 0 aromatic heterocycles.